The summed E-state index contributed by atoms with van der Waals surface area (Å²) in [6.45, 7) is 6.49. The van der Waals surface area contributed by atoms with Crippen molar-refractivity contribution < 1.29 is 28.6 Å². The number of ether oxygens (including phenoxy) is 3. The van der Waals surface area contributed by atoms with Gasteiger partial charge in [-0.1, -0.05) is 307 Å². The van der Waals surface area contributed by atoms with Crippen LogP contribution in [0, 0.1) is 0 Å². The Balaban J connectivity index is 4.10. The van der Waals surface area contributed by atoms with Crippen LogP contribution in [0.4, 0.5) is 0 Å². The lowest BCUT2D eigenvalue weighted by Gasteiger charge is -2.18. The first kappa shape index (κ1) is 67.4. The van der Waals surface area contributed by atoms with Crippen molar-refractivity contribution in [1.82, 2.24) is 0 Å². The first-order valence-corrected chi connectivity index (χ1v) is 30.6. The molecule has 0 fully saturated rings. The summed E-state index contributed by atoms with van der Waals surface area (Å²) in [5.74, 6) is -0.967. The van der Waals surface area contributed by atoms with Crippen LogP contribution in [0.3, 0.4) is 0 Å². The van der Waals surface area contributed by atoms with Gasteiger partial charge in [-0.3, -0.25) is 14.4 Å². The molecule has 6 nitrogen and oxygen atoms in total. The van der Waals surface area contributed by atoms with E-state index >= 15 is 0 Å². The molecule has 0 aromatic carbocycles. The molecule has 0 aromatic heterocycles. The van der Waals surface area contributed by atoms with Crippen LogP contribution in [0.25, 0.3) is 0 Å². The zero-order valence-electron chi connectivity index (χ0n) is 46.8. The molecule has 70 heavy (non-hydrogen) atoms. The van der Waals surface area contributed by atoms with E-state index in [-0.39, 0.29) is 37.5 Å². The zero-order chi connectivity index (χ0) is 50.7. The molecule has 1 unspecified atom stereocenters. The van der Waals surface area contributed by atoms with Crippen molar-refractivity contribution in [1.29, 1.82) is 0 Å². The molecule has 1 atom stereocenters. The molecular weight excluding hydrogens is 865 g/mol. The fourth-order valence-corrected chi connectivity index (χ4v) is 9.05. The number of esters is 3. The van der Waals surface area contributed by atoms with E-state index in [0.29, 0.717) is 19.3 Å². The van der Waals surface area contributed by atoms with Gasteiger partial charge in [-0.2, -0.15) is 0 Å². The third-order valence-electron chi connectivity index (χ3n) is 13.6. The van der Waals surface area contributed by atoms with Gasteiger partial charge < -0.3 is 14.2 Å². The van der Waals surface area contributed by atoms with Crippen LogP contribution < -0.4 is 0 Å². The maximum Gasteiger partial charge on any atom is 0.306 e. The highest BCUT2D eigenvalue weighted by molar-refractivity contribution is 5.71. The van der Waals surface area contributed by atoms with Crippen molar-refractivity contribution in [2.75, 3.05) is 13.2 Å². The van der Waals surface area contributed by atoms with E-state index < -0.39 is 6.10 Å². The number of hydrogen-bond acceptors (Lipinski definition) is 6. The van der Waals surface area contributed by atoms with Crippen LogP contribution in [0.1, 0.15) is 323 Å². The van der Waals surface area contributed by atoms with E-state index in [2.05, 4.69) is 63.3 Å². The number of carbonyl (C=O) groups is 3. The van der Waals surface area contributed by atoms with Gasteiger partial charge in [-0.25, -0.2) is 0 Å². The molecule has 0 radical (unpaired) electrons. The Kier molecular flexibility index (Phi) is 56.7. The number of carbonyl (C=O) groups excluding carboxylic acids is 3. The third kappa shape index (κ3) is 56.3. The van der Waals surface area contributed by atoms with Crippen molar-refractivity contribution in [2.24, 2.45) is 0 Å². The largest absolute Gasteiger partial charge is 0.462 e. The summed E-state index contributed by atoms with van der Waals surface area (Å²) in [6.07, 6.45) is 73.1. The van der Waals surface area contributed by atoms with E-state index in [1.807, 2.05) is 6.08 Å². The second-order valence-electron chi connectivity index (χ2n) is 20.6. The zero-order valence-corrected chi connectivity index (χ0v) is 46.8. The molecule has 0 N–H and O–H groups in total. The molecule has 0 aromatic rings. The minimum atomic E-state index is -0.806. The van der Waals surface area contributed by atoms with Crippen LogP contribution in [0.2, 0.25) is 0 Å². The Hall–Kier alpha value is -2.63. The van der Waals surface area contributed by atoms with E-state index in [0.717, 1.165) is 64.2 Å². The maximum absolute atomic E-state index is 12.8. The summed E-state index contributed by atoms with van der Waals surface area (Å²) in [4.78, 5) is 38.0. The van der Waals surface area contributed by atoms with Gasteiger partial charge in [0.25, 0.3) is 0 Å². The summed E-state index contributed by atoms with van der Waals surface area (Å²) >= 11 is 0. The average Bonchev–Trinajstić information content (AvgIpc) is 3.36. The molecule has 0 aliphatic rings. The van der Waals surface area contributed by atoms with Gasteiger partial charge in [0, 0.05) is 19.3 Å². The monoisotopic (exact) mass is 981 g/mol. The minimum Gasteiger partial charge on any atom is -0.462 e. The Labute approximate surface area is 435 Å². The van der Waals surface area contributed by atoms with Gasteiger partial charge in [0.15, 0.2) is 6.10 Å². The van der Waals surface area contributed by atoms with E-state index in [1.54, 1.807) is 0 Å². The highest BCUT2D eigenvalue weighted by Gasteiger charge is 2.19. The van der Waals surface area contributed by atoms with Crippen LogP contribution in [0.15, 0.2) is 48.6 Å². The predicted molar refractivity (Wildman–Crippen MR) is 302 cm³/mol. The van der Waals surface area contributed by atoms with Gasteiger partial charge in [0.05, 0.1) is 0 Å². The van der Waals surface area contributed by atoms with Gasteiger partial charge in [-0.15, -0.1) is 0 Å². The third-order valence-corrected chi connectivity index (χ3v) is 13.6. The predicted octanol–water partition coefficient (Wildman–Crippen LogP) is 20.6. The minimum absolute atomic E-state index is 0.0976. The lowest BCUT2D eigenvalue weighted by Crippen LogP contribution is -2.30. The van der Waals surface area contributed by atoms with Gasteiger partial charge in [0.1, 0.15) is 13.2 Å². The van der Waals surface area contributed by atoms with Gasteiger partial charge in [-0.05, 0) is 44.9 Å². The van der Waals surface area contributed by atoms with Gasteiger partial charge in [0.2, 0.25) is 0 Å². The first-order chi connectivity index (χ1) is 34.5. The Morgan fingerprint density at radius 2 is 0.557 bits per heavy atom. The second-order valence-corrected chi connectivity index (χ2v) is 20.6. The Bertz CT molecular complexity index is 1220. The van der Waals surface area contributed by atoms with Crippen molar-refractivity contribution in [3.63, 3.8) is 0 Å². The molecule has 0 saturated heterocycles. The molecule has 0 amide bonds. The van der Waals surface area contributed by atoms with Crippen LogP contribution >= 0.6 is 0 Å². The average molecular weight is 982 g/mol. The van der Waals surface area contributed by atoms with Crippen LogP contribution in [-0.2, 0) is 28.6 Å². The normalized spacial score (nSPS) is 12.3. The highest BCUT2D eigenvalue weighted by Crippen LogP contribution is 2.18. The smallest absolute Gasteiger partial charge is 0.306 e. The number of hydrogen-bond donors (Lipinski definition) is 0. The molecule has 0 spiro atoms. The van der Waals surface area contributed by atoms with E-state index in [4.69, 9.17) is 14.2 Å². The quantitative estimate of drug-likeness (QED) is 0.0261. The molecule has 0 heterocycles. The summed E-state index contributed by atoms with van der Waals surface area (Å²) in [6, 6.07) is 0. The number of unbranched alkanes of at least 4 members (excludes halogenated alkanes) is 37. The Morgan fingerprint density at radius 1 is 0.300 bits per heavy atom. The maximum atomic E-state index is 12.8. The summed E-state index contributed by atoms with van der Waals surface area (Å²) in [7, 11) is 0. The Morgan fingerprint density at radius 3 is 0.843 bits per heavy atom. The number of rotatable bonds is 56. The summed E-state index contributed by atoms with van der Waals surface area (Å²) in [5, 5.41) is 0. The standard InChI is InChI=1S/C64H116O6/c1-4-7-10-13-16-19-22-24-25-26-27-28-29-30-31-32-33-34-35-36-37-38-39-41-42-45-48-51-54-57-63(66)69-60-61(59-68-62(65)56-53-50-47-44-21-18-15-12-9-6-3)70-64(67)58-55-52-49-46-43-40-23-20-17-14-11-8-5-2/h8,11,17,20,40,43,49,52,61H,4-7,9-10,12-16,18-19,21-39,41-42,44-48,50-51,53-60H2,1-3H3/b11-8-,20-17-,43-40-,52-49-. The van der Waals surface area contributed by atoms with Crippen molar-refractivity contribution >= 4 is 17.9 Å². The van der Waals surface area contributed by atoms with Crippen LogP contribution in [0.5, 0.6) is 0 Å². The van der Waals surface area contributed by atoms with Crippen molar-refractivity contribution in [3.05, 3.63) is 48.6 Å². The first-order valence-electron chi connectivity index (χ1n) is 30.6. The van der Waals surface area contributed by atoms with E-state index in [1.165, 1.54) is 212 Å². The lowest BCUT2D eigenvalue weighted by atomic mass is 10.0. The lowest BCUT2D eigenvalue weighted by molar-refractivity contribution is -0.166. The molecule has 0 rings (SSSR count). The van der Waals surface area contributed by atoms with Crippen molar-refractivity contribution in [3.8, 4) is 0 Å². The molecule has 0 aliphatic carbocycles. The fraction of sp³-hybridized carbons (Fsp3) is 0.828. The molecule has 408 valence electrons. The summed E-state index contributed by atoms with van der Waals surface area (Å²) < 4.78 is 16.8. The highest BCUT2D eigenvalue weighted by atomic mass is 16.6. The van der Waals surface area contributed by atoms with Crippen molar-refractivity contribution in [2.45, 2.75) is 329 Å². The number of allylic oxidation sites excluding steroid dienone is 8. The molecule has 0 saturated carbocycles. The topological polar surface area (TPSA) is 78.9 Å². The van der Waals surface area contributed by atoms with Gasteiger partial charge >= 0.3 is 17.9 Å². The van der Waals surface area contributed by atoms with E-state index in [9.17, 15) is 14.4 Å². The SMILES string of the molecule is CC/C=C\C/C=C\C/C=C\C/C=C\CCC(=O)OC(COC(=O)CCCCCCCCCCCC)COC(=O)CCCCCCCCCCCCCCCCCCCCCCCCCCCCCCC. The molecular formula is C64H116O6. The molecule has 0 bridgehead atoms. The molecule has 0 aliphatic heterocycles. The fourth-order valence-electron chi connectivity index (χ4n) is 9.05. The molecule has 6 heteroatoms. The second kappa shape index (κ2) is 58.9. The van der Waals surface area contributed by atoms with Crippen LogP contribution in [-0.4, -0.2) is 37.2 Å². The summed E-state index contributed by atoms with van der Waals surface area (Å²) in [5.41, 5.74) is 0.